The fourth-order valence-corrected chi connectivity index (χ4v) is 2.70. The Morgan fingerprint density at radius 3 is 2.61 bits per heavy atom. The van der Waals surface area contributed by atoms with E-state index < -0.39 is 41.6 Å². The summed E-state index contributed by atoms with van der Waals surface area (Å²) in [5, 5.41) is 12.9. The van der Waals surface area contributed by atoms with Gasteiger partial charge in [0.1, 0.15) is 18.0 Å². The second kappa shape index (κ2) is 8.80. The van der Waals surface area contributed by atoms with Gasteiger partial charge in [-0.1, -0.05) is 6.92 Å². The van der Waals surface area contributed by atoms with Gasteiger partial charge in [0.2, 0.25) is 5.91 Å². The number of ether oxygens (including phenoxy) is 3. The molecule has 1 aromatic rings. The summed E-state index contributed by atoms with van der Waals surface area (Å²) >= 11 is 0. The van der Waals surface area contributed by atoms with Crippen molar-refractivity contribution in [2.75, 3.05) is 12.1 Å². The summed E-state index contributed by atoms with van der Waals surface area (Å²) in [5.74, 6) is -0.705. The highest BCUT2D eigenvalue weighted by Gasteiger charge is 2.45. The number of anilines is 1. The van der Waals surface area contributed by atoms with Crippen molar-refractivity contribution in [3.8, 4) is 0 Å². The molecule has 2 N–H and O–H groups in total. The number of hydrogen-bond acceptors (Lipinski definition) is 8. The van der Waals surface area contributed by atoms with E-state index in [1.807, 2.05) is 6.92 Å². The van der Waals surface area contributed by atoms with Gasteiger partial charge in [-0.05, 0) is 33.3 Å². The number of carbonyl (C=O) groups excluding carboxylic acids is 2. The lowest BCUT2D eigenvalue weighted by Crippen LogP contribution is -2.38. The van der Waals surface area contributed by atoms with Crippen molar-refractivity contribution in [3.05, 3.63) is 22.7 Å². The predicted octanol–water partition coefficient (Wildman–Crippen LogP) is 0.802. The third-order valence-electron chi connectivity index (χ3n) is 4.19. The van der Waals surface area contributed by atoms with E-state index in [1.165, 1.54) is 23.8 Å². The number of esters is 1. The molecule has 1 aliphatic heterocycles. The van der Waals surface area contributed by atoms with Gasteiger partial charge in [-0.3, -0.25) is 14.2 Å². The Morgan fingerprint density at radius 1 is 1.39 bits per heavy atom. The molecule has 0 bridgehead atoms. The van der Waals surface area contributed by atoms with Gasteiger partial charge < -0.3 is 24.6 Å². The van der Waals surface area contributed by atoms with Gasteiger partial charge in [0, 0.05) is 13.1 Å². The first kappa shape index (κ1) is 22.0. The van der Waals surface area contributed by atoms with E-state index in [1.54, 1.807) is 20.8 Å². The normalized spacial score (nSPS) is 24.8. The number of aliphatic hydroxyl groups excluding tert-OH is 1. The maximum atomic E-state index is 12.4. The SMILES string of the molecule is CC[C@H]1O[C@@H](n2ccc(NC(C)=O)nc2=O)[C@@H](OCOC(=O)C(C)(C)C)C1O. The molecule has 156 valence electrons. The molecule has 0 spiro atoms. The third-order valence-corrected chi connectivity index (χ3v) is 4.19. The molecule has 1 saturated heterocycles. The predicted molar refractivity (Wildman–Crippen MR) is 98.3 cm³/mol. The number of nitrogens with one attached hydrogen (secondary N) is 1. The molecule has 1 aliphatic rings. The van der Waals surface area contributed by atoms with Crippen molar-refractivity contribution in [1.29, 1.82) is 0 Å². The third kappa shape index (κ3) is 5.15. The first-order chi connectivity index (χ1) is 13.0. The number of nitrogens with zero attached hydrogens (tertiary/aromatic N) is 2. The van der Waals surface area contributed by atoms with Gasteiger partial charge in [-0.15, -0.1) is 0 Å². The van der Waals surface area contributed by atoms with Crippen LogP contribution in [0.5, 0.6) is 0 Å². The van der Waals surface area contributed by atoms with E-state index >= 15 is 0 Å². The van der Waals surface area contributed by atoms with Crippen LogP contribution in [0.3, 0.4) is 0 Å². The topological polar surface area (TPSA) is 129 Å². The van der Waals surface area contributed by atoms with Crippen LogP contribution < -0.4 is 11.0 Å². The van der Waals surface area contributed by atoms with Crippen LogP contribution in [0.2, 0.25) is 0 Å². The Labute approximate surface area is 162 Å². The number of aromatic nitrogens is 2. The van der Waals surface area contributed by atoms with Crippen molar-refractivity contribution in [3.63, 3.8) is 0 Å². The molecule has 1 fully saturated rings. The first-order valence-electron chi connectivity index (χ1n) is 9.03. The second-order valence-electron chi connectivity index (χ2n) is 7.58. The van der Waals surface area contributed by atoms with Crippen LogP contribution in [0, 0.1) is 5.41 Å². The van der Waals surface area contributed by atoms with Crippen LogP contribution in [0.25, 0.3) is 0 Å². The van der Waals surface area contributed by atoms with Crippen LogP contribution in [0.1, 0.15) is 47.3 Å². The highest BCUT2D eigenvalue weighted by molar-refractivity contribution is 5.87. The molecule has 0 radical (unpaired) electrons. The largest absolute Gasteiger partial charge is 0.438 e. The molecule has 1 aromatic heterocycles. The Morgan fingerprint density at radius 2 is 2.07 bits per heavy atom. The minimum Gasteiger partial charge on any atom is -0.438 e. The zero-order valence-electron chi connectivity index (χ0n) is 16.7. The molecule has 1 unspecified atom stereocenters. The Hall–Kier alpha value is -2.30. The lowest BCUT2D eigenvalue weighted by atomic mass is 9.98. The van der Waals surface area contributed by atoms with Crippen molar-refractivity contribution in [2.24, 2.45) is 5.41 Å². The zero-order valence-corrected chi connectivity index (χ0v) is 16.7. The van der Waals surface area contributed by atoms with Crippen LogP contribution >= 0.6 is 0 Å². The van der Waals surface area contributed by atoms with Crippen molar-refractivity contribution < 1.29 is 28.9 Å². The Kier molecular flexibility index (Phi) is 6.91. The van der Waals surface area contributed by atoms with E-state index in [9.17, 15) is 19.5 Å². The molecule has 10 nitrogen and oxygen atoms in total. The van der Waals surface area contributed by atoms with Crippen LogP contribution in [-0.2, 0) is 23.8 Å². The number of carbonyl (C=O) groups is 2. The molecule has 1 amide bonds. The van der Waals surface area contributed by atoms with E-state index in [-0.39, 0.29) is 18.5 Å². The number of aliphatic hydroxyl groups is 1. The summed E-state index contributed by atoms with van der Waals surface area (Å²) in [4.78, 5) is 39.1. The average Bonchev–Trinajstić information content (AvgIpc) is 2.89. The smallest absolute Gasteiger partial charge is 0.351 e. The van der Waals surface area contributed by atoms with Gasteiger partial charge >= 0.3 is 11.7 Å². The fraction of sp³-hybridized carbons (Fsp3) is 0.667. The molecule has 0 aromatic carbocycles. The minimum atomic E-state index is -1.02. The van der Waals surface area contributed by atoms with E-state index in [0.29, 0.717) is 6.42 Å². The summed E-state index contributed by atoms with van der Waals surface area (Å²) in [6.07, 6.45) is -1.59. The van der Waals surface area contributed by atoms with Gasteiger partial charge in [-0.2, -0.15) is 4.98 Å². The van der Waals surface area contributed by atoms with Crippen LogP contribution in [0.15, 0.2) is 17.1 Å². The molecule has 0 aliphatic carbocycles. The lowest BCUT2D eigenvalue weighted by Gasteiger charge is -2.23. The van der Waals surface area contributed by atoms with E-state index in [0.717, 1.165) is 0 Å². The van der Waals surface area contributed by atoms with E-state index in [2.05, 4.69) is 10.3 Å². The highest BCUT2D eigenvalue weighted by atomic mass is 16.7. The highest BCUT2D eigenvalue weighted by Crippen LogP contribution is 2.32. The van der Waals surface area contributed by atoms with Gasteiger partial charge in [0.15, 0.2) is 13.0 Å². The number of hydrogen-bond donors (Lipinski definition) is 2. The molecule has 2 heterocycles. The molecule has 10 heteroatoms. The number of rotatable bonds is 6. The zero-order chi connectivity index (χ0) is 21.1. The Bertz CT molecular complexity index is 771. The van der Waals surface area contributed by atoms with Crippen LogP contribution in [-0.4, -0.2) is 51.6 Å². The minimum absolute atomic E-state index is 0.107. The molecule has 4 atom stereocenters. The quantitative estimate of drug-likeness (QED) is 0.533. The van der Waals surface area contributed by atoms with Crippen molar-refractivity contribution >= 4 is 17.7 Å². The average molecular weight is 397 g/mol. The first-order valence-corrected chi connectivity index (χ1v) is 9.03. The molecular weight excluding hydrogens is 370 g/mol. The summed E-state index contributed by atoms with van der Waals surface area (Å²) < 4.78 is 17.6. The summed E-state index contributed by atoms with van der Waals surface area (Å²) in [6, 6.07) is 1.44. The van der Waals surface area contributed by atoms with Gasteiger partial charge in [-0.25, -0.2) is 4.79 Å². The van der Waals surface area contributed by atoms with Gasteiger partial charge in [0.05, 0.1) is 11.5 Å². The van der Waals surface area contributed by atoms with E-state index in [4.69, 9.17) is 14.2 Å². The number of amides is 1. The monoisotopic (exact) mass is 397 g/mol. The van der Waals surface area contributed by atoms with Gasteiger partial charge in [0.25, 0.3) is 0 Å². The Balaban J connectivity index is 2.17. The lowest BCUT2D eigenvalue weighted by molar-refractivity contribution is -0.179. The second-order valence-corrected chi connectivity index (χ2v) is 7.58. The summed E-state index contributed by atoms with van der Waals surface area (Å²) in [6.45, 7) is 7.87. The molecule has 2 rings (SSSR count). The standard InChI is InChI=1S/C18H27N3O7/c1-6-11-13(23)14(26-9-27-16(24)18(3,4)5)15(28-11)21-8-7-12(19-10(2)22)20-17(21)25/h7-8,11,13-15,23H,6,9H2,1-5H3,(H,19,20,22,25)/t11-,13?,14+,15-/m1/s1. The maximum absolute atomic E-state index is 12.4. The summed E-state index contributed by atoms with van der Waals surface area (Å²) in [5.41, 5.74) is -1.37. The molecular formula is C18H27N3O7. The van der Waals surface area contributed by atoms with Crippen molar-refractivity contribution in [2.45, 2.75) is 65.6 Å². The van der Waals surface area contributed by atoms with Crippen LogP contribution in [0.4, 0.5) is 5.82 Å². The maximum Gasteiger partial charge on any atom is 0.351 e. The summed E-state index contributed by atoms with van der Waals surface area (Å²) in [7, 11) is 0. The molecule has 0 saturated carbocycles. The fourth-order valence-electron chi connectivity index (χ4n) is 2.70. The molecule has 28 heavy (non-hydrogen) atoms. The van der Waals surface area contributed by atoms with Crippen molar-refractivity contribution in [1.82, 2.24) is 9.55 Å².